The van der Waals surface area contributed by atoms with Crippen LogP contribution in [0.2, 0.25) is 0 Å². The van der Waals surface area contributed by atoms with Crippen molar-refractivity contribution in [1.29, 1.82) is 0 Å². The number of aromatic nitrogens is 2. The predicted molar refractivity (Wildman–Crippen MR) is 60.7 cm³/mol. The molecule has 0 saturated heterocycles. The second kappa shape index (κ2) is 4.37. The summed E-state index contributed by atoms with van der Waals surface area (Å²) in [7, 11) is 1.62. The molecular weight excluding hydrogens is 294 g/mol. The second-order valence-corrected chi connectivity index (χ2v) is 4.28. The summed E-state index contributed by atoms with van der Waals surface area (Å²) in [6, 6.07) is 3.64. The van der Waals surface area contributed by atoms with Crippen LogP contribution in [-0.4, -0.2) is 15.6 Å². The lowest BCUT2D eigenvalue weighted by Crippen LogP contribution is -2.09. The summed E-state index contributed by atoms with van der Waals surface area (Å²) in [5.41, 5.74) is -0.596. The van der Waals surface area contributed by atoms with Gasteiger partial charge in [0.2, 0.25) is 5.78 Å². The molecule has 3 nitrogen and oxygen atoms in total. The van der Waals surface area contributed by atoms with E-state index < -0.39 is 23.0 Å². The molecule has 1 heterocycles. The van der Waals surface area contributed by atoms with E-state index in [0.29, 0.717) is 0 Å². The average Bonchev–Trinajstić information content (AvgIpc) is 2.71. The first-order chi connectivity index (χ1) is 8.00. The number of hydrogen-bond donors (Lipinski definition) is 0. The topological polar surface area (TPSA) is 34.9 Å². The van der Waals surface area contributed by atoms with Gasteiger partial charge in [0, 0.05) is 13.2 Å². The number of halogens is 3. The van der Waals surface area contributed by atoms with Crippen LogP contribution in [0.15, 0.2) is 28.9 Å². The van der Waals surface area contributed by atoms with Crippen molar-refractivity contribution in [2.24, 2.45) is 7.05 Å². The van der Waals surface area contributed by atoms with Crippen LogP contribution in [-0.2, 0) is 7.05 Å². The van der Waals surface area contributed by atoms with Crippen molar-refractivity contribution >= 4 is 21.7 Å². The van der Waals surface area contributed by atoms with Gasteiger partial charge in [-0.1, -0.05) is 0 Å². The average molecular weight is 301 g/mol. The summed E-state index contributed by atoms with van der Waals surface area (Å²) in [5.74, 6) is -2.59. The molecule has 0 atom stereocenters. The van der Waals surface area contributed by atoms with Gasteiger partial charge in [0.1, 0.15) is 11.5 Å². The van der Waals surface area contributed by atoms with Gasteiger partial charge in [-0.2, -0.15) is 5.10 Å². The molecule has 0 amide bonds. The number of nitrogens with zero attached hydrogens (tertiary/aromatic N) is 2. The summed E-state index contributed by atoms with van der Waals surface area (Å²) < 4.78 is 28.6. The van der Waals surface area contributed by atoms with Gasteiger partial charge in [-0.25, -0.2) is 8.78 Å². The standard InChI is InChI=1S/C11H7BrF2N2O/c1-16-5-4-8(15-16)11(17)9-7(13)3-2-6(12)10(9)14/h2-5H,1H3. The van der Waals surface area contributed by atoms with Crippen molar-refractivity contribution in [3.05, 3.63) is 51.8 Å². The molecule has 2 aromatic rings. The first-order valence-electron chi connectivity index (χ1n) is 4.68. The molecule has 0 bridgehead atoms. The van der Waals surface area contributed by atoms with E-state index in [1.165, 1.54) is 23.0 Å². The molecule has 1 aromatic heterocycles. The number of rotatable bonds is 2. The molecule has 0 unspecified atom stereocenters. The minimum Gasteiger partial charge on any atom is -0.287 e. The molecule has 2 rings (SSSR count). The third kappa shape index (κ3) is 2.12. The monoisotopic (exact) mass is 300 g/mol. The van der Waals surface area contributed by atoms with Gasteiger partial charge in [0.05, 0.1) is 10.0 Å². The van der Waals surface area contributed by atoms with Crippen molar-refractivity contribution in [3.63, 3.8) is 0 Å². The molecule has 0 spiro atoms. The van der Waals surface area contributed by atoms with Gasteiger partial charge < -0.3 is 0 Å². The number of hydrogen-bond acceptors (Lipinski definition) is 2. The van der Waals surface area contributed by atoms with Gasteiger partial charge in [0.15, 0.2) is 5.82 Å². The van der Waals surface area contributed by atoms with Gasteiger partial charge in [-0.15, -0.1) is 0 Å². The van der Waals surface area contributed by atoms with E-state index in [0.717, 1.165) is 6.07 Å². The van der Waals surface area contributed by atoms with E-state index in [9.17, 15) is 13.6 Å². The van der Waals surface area contributed by atoms with Crippen molar-refractivity contribution in [2.45, 2.75) is 0 Å². The van der Waals surface area contributed by atoms with Crippen LogP contribution in [0, 0.1) is 11.6 Å². The molecule has 0 N–H and O–H groups in total. The maximum absolute atomic E-state index is 13.7. The van der Waals surface area contributed by atoms with Crippen molar-refractivity contribution in [1.82, 2.24) is 9.78 Å². The van der Waals surface area contributed by atoms with Crippen molar-refractivity contribution in [3.8, 4) is 0 Å². The van der Waals surface area contributed by atoms with Crippen LogP contribution in [0.1, 0.15) is 16.1 Å². The highest BCUT2D eigenvalue weighted by atomic mass is 79.9. The highest BCUT2D eigenvalue weighted by molar-refractivity contribution is 9.10. The Morgan fingerprint density at radius 2 is 2.06 bits per heavy atom. The fourth-order valence-corrected chi connectivity index (χ4v) is 1.73. The number of ketones is 1. The van der Waals surface area contributed by atoms with E-state index >= 15 is 0 Å². The third-order valence-electron chi connectivity index (χ3n) is 2.22. The highest BCUT2D eigenvalue weighted by Crippen LogP contribution is 2.23. The maximum Gasteiger partial charge on any atom is 0.219 e. The van der Waals surface area contributed by atoms with E-state index in [2.05, 4.69) is 21.0 Å². The normalized spacial score (nSPS) is 10.6. The van der Waals surface area contributed by atoms with E-state index in [-0.39, 0.29) is 10.2 Å². The predicted octanol–water partition coefficient (Wildman–Crippen LogP) is 2.69. The Morgan fingerprint density at radius 3 is 2.65 bits per heavy atom. The largest absolute Gasteiger partial charge is 0.287 e. The first kappa shape index (κ1) is 11.9. The molecule has 0 aliphatic rings. The van der Waals surface area contributed by atoms with Gasteiger partial charge in [-0.3, -0.25) is 9.48 Å². The quantitative estimate of drug-likeness (QED) is 0.631. The van der Waals surface area contributed by atoms with Crippen molar-refractivity contribution < 1.29 is 13.6 Å². The Bertz CT molecular complexity index is 595. The molecule has 0 saturated carbocycles. The fraction of sp³-hybridized carbons (Fsp3) is 0.0909. The Hall–Kier alpha value is -1.56. The van der Waals surface area contributed by atoms with E-state index in [1.807, 2.05) is 0 Å². The molecule has 6 heteroatoms. The van der Waals surface area contributed by atoms with E-state index in [4.69, 9.17) is 0 Å². The summed E-state index contributed by atoms with van der Waals surface area (Å²) in [4.78, 5) is 11.9. The number of carbonyl (C=O) groups excluding carboxylic acids is 1. The van der Waals surface area contributed by atoms with Crippen molar-refractivity contribution in [2.75, 3.05) is 0 Å². The number of aryl methyl sites for hydroxylation is 1. The molecule has 1 aromatic carbocycles. The summed E-state index contributed by atoms with van der Waals surface area (Å²) in [6.07, 6.45) is 1.53. The van der Waals surface area contributed by atoms with Gasteiger partial charge in [-0.05, 0) is 34.1 Å². The SMILES string of the molecule is Cn1ccc(C(=O)c2c(F)ccc(Br)c2F)n1. The Balaban J connectivity index is 2.54. The molecule has 0 fully saturated rings. The first-order valence-corrected chi connectivity index (χ1v) is 5.48. The smallest absolute Gasteiger partial charge is 0.219 e. The minimum absolute atomic E-state index is 0.00315. The maximum atomic E-state index is 13.7. The molecule has 17 heavy (non-hydrogen) atoms. The van der Waals surface area contributed by atoms with Gasteiger partial charge in [0.25, 0.3) is 0 Å². The molecule has 0 radical (unpaired) electrons. The zero-order chi connectivity index (χ0) is 12.6. The second-order valence-electron chi connectivity index (χ2n) is 3.42. The van der Waals surface area contributed by atoms with Gasteiger partial charge >= 0.3 is 0 Å². The lowest BCUT2D eigenvalue weighted by atomic mass is 10.1. The Labute approximate surface area is 104 Å². The lowest BCUT2D eigenvalue weighted by Gasteiger charge is -2.03. The van der Waals surface area contributed by atoms with Crippen LogP contribution in [0.4, 0.5) is 8.78 Å². The van der Waals surface area contributed by atoms with Crippen LogP contribution in [0.25, 0.3) is 0 Å². The molecule has 88 valence electrons. The number of benzene rings is 1. The fourth-order valence-electron chi connectivity index (χ4n) is 1.40. The highest BCUT2D eigenvalue weighted by Gasteiger charge is 2.22. The summed E-state index contributed by atoms with van der Waals surface area (Å²) in [5, 5.41) is 3.82. The van der Waals surface area contributed by atoms with Crippen LogP contribution >= 0.6 is 15.9 Å². The van der Waals surface area contributed by atoms with Crippen LogP contribution in [0.3, 0.4) is 0 Å². The Kier molecular flexibility index (Phi) is 3.06. The van der Waals surface area contributed by atoms with E-state index in [1.54, 1.807) is 7.05 Å². The third-order valence-corrected chi connectivity index (χ3v) is 2.83. The zero-order valence-electron chi connectivity index (χ0n) is 8.75. The van der Waals surface area contributed by atoms with Crippen LogP contribution < -0.4 is 0 Å². The summed E-state index contributed by atoms with van der Waals surface area (Å²) in [6.45, 7) is 0. The Morgan fingerprint density at radius 1 is 1.35 bits per heavy atom. The lowest BCUT2D eigenvalue weighted by molar-refractivity contribution is 0.102. The molecule has 0 aliphatic carbocycles. The minimum atomic E-state index is -0.916. The molecular formula is C11H7BrF2N2O. The van der Waals surface area contributed by atoms with Crippen LogP contribution in [0.5, 0.6) is 0 Å². The number of carbonyl (C=O) groups is 1. The molecule has 0 aliphatic heterocycles. The summed E-state index contributed by atoms with van der Waals surface area (Å²) >= 11 is 2.91. The zero-order valence-corrected chi connectivity index (χ0v) is 10.3.